The van der Waals surface area contributed by atoms with Crippen LogP contribution in [0.4, 0.5) is 13.2 Å². The maximum absolute atomic E-state index is 12.2. The van der Waals surface area contributed by atoms with Gasteiger partial charge in [-0.05, 0) is 19.8 Å². The first-order chi connectivity index (χ1) is 6.32. The Hall–Kier alpha value is -0.780. The number of halogens is 3. The van der Waals surface area contributed by atoms with Gasteiger partial charge < -0.3 is 10.4 Å². The molecule has 0 aromatic rings. The van der Waals surface area contributed by atoms with Gasteiger partial charge in [-0.1, -0.05) is 0 Å². The maximum Gasteiger partial charge on any atom is 0.403 e. The molecule has 0 radical (unpaired) electrons. The molecule has 6 heteroatoms. The maximum atomic E-state index is 12.2. The van der Waals surface area contributed by atoms with E-state index < -0.39 is 30.1 Å². The van der Waals surface area contributed by atoms with E-state index in [1.807, 2.05) is 0 Å². The van der Waals surface area contributed by atoms with Crippen molar-refractivity contribution in [3.8, 4) is 0 Å². The van der Waals surface area contributed by atoms with Crippen molar-refractivity contribution in [1.29, 1.82) is 0 Å². The molecule has 14 heavy (non-hydrogen) atoms. The van der Waals surface area contributed by atoms with E-state index >= 15 is 0 Å². The van der Waals surface area contributed by atoms with Crippen molar-refractivity contribution >= 4 is 5.97 Å². The molecule has 1 saturated heterocycles. The summed E-state index contributed by atoms with van der Waals surface area (Å²) in [6.07, 6.45) is -4.36. The molecule has 1 fully saturated rings. The average Bonchev–Trinajstić information content (AvgIpc) is 2.01. The molecule has 2 N–H and O–H groups in total. The lowest BCUT2D eigenvalue weighted by molar-refractivity contribution is -0.170. The van der Waals surface area contributed by atoms with Gasteiger partial charge >= 0.3 is 12.1 Å². The summed E-state index contributed by atoms with van der Waals surface area (Å²) in [5.74, 6) is -1.75. The van der Waals surface area contributed by atoms with Crippen LogP contribution in [0, 0.1) is 5.92 Å². The first-order valence-corrected chi connectivity index (χ1v) is 4.38. The molecule has 0 bridgehead atoms. The van der Waals surface area contributed by atoms with Gasteiger partial charge in [0.05, 0.1) is 5.92 Å². The van der Waals surface area contributed by atoms with Crippen LogP contribution in [0.5, 0.6) is 0 Å². The fraction of sp³-hybridized carbons (Fsp3) is 0.875. The Bertz CT molecular complexity index is 229. The summed E-state index contributed by atoms with van der Waals surface area (Å²) in [6.45, 7) is 1.47. The van der Waals surface area contributed by atoms with Crippen molar-refractivity contribution in [3.05, 3.63) is 0 Å². The van der Waals surface area contributed by atoms with Crippen LogP contribution in [0.2, 0.25) is 0 Å². The van der Waals surface area contributed by atoms with Gasteiger partial charge in [0.2, 0.25) is 0 Å². The van der Waals surface area contributed by atoms with E-state index in [1.165, 1.54) is 6.92 Å². The van der Waals surface area contributed by atoms with Crippen molar-refractivity contribution in [2.24, 2.45) is 5.92 Å². The van der Waals surface area contributed by atoms with E-state index in [0.29, 0.717) is 0 Å². The van der Waals surface area contributed by atoms with Crippen molar-refractivity contribution in [3.63, 3.8) is 0 Å². The summed E-state index contributed by atoms with van der Waals surface area (Å²) in [7, 11) is 0. The highest BCUT2D eigenvalue weighted by Gasteiger charge is 2.44. The fourth-order valence-electron chi connectivity index (χ4n) is 1.71. The number of carboxylic acid groups (broad SMARTS) is 1. The van der Waals surface area contributed by atoms with E-state index in [2.05, 4.69) is 5.32 Å². The molecule has 0 amide bonds. The quantitative estimate of drug-likeness (QED) is 0.689. The average molecular weight is 211 g/mol. The summed E-state index contributed by atoms with van der Waals surface area (Å²) in [4.78, 5) is 10.6. The molecule has 0 aromatic heterocycles. The Morgan fingerprint density at radius 2 is 2.00 bits per heavy atom. The number of alkyl halides is 3. The van der Waals surface area contributed by atoms with E-state index in [1.54, 1.807) is 0 Å². The lowest BCUT2D eigenvalue weighted by atomic mass is 9.88. The topological polar surface area (TPSA) is 49.3 Å². The highest BCUT2D eigenvalue weighted by molar-refractivity contribution is 5.71. The lowest BCUT2D eigenvalue weighted by Gasteiger charge is -2.34. The summed E-state index contributed by atoms with van der Waals surface area (Å²) in [5.41, 5.74) is 0. The minimum Gasteiger partial charge on any atom is -0.481 e. The van der Waals surface area contributed by atoms with E-state index in [9.17, 15) is 18.0 Å². The van der Waals surface area contributed by atoms with Gasteiger partial charge in [-0.15, -0.1) is 0 Å². The number of carboxylic acids is 1. The zero-order valence-corrected chi connectivity index (χ0v) is 7.64. The van der Waals surface area contributed by atoms with Crippen LogP contribution in [-0.4, -0.2) is 29.3 Å². The zero-order valence-electron chi connectivity index (χ0n) is 7.64. The van der Waals surface area contributed by atoms with Crippen molar-refractivity contribution in [2.45, 2.75) is 38.0 Å². The third-order valence-electron chi connectivity index (χ3n) is 2.55. The Kier molecular flexibility index (Phi) is 3.04. The van der Waals surface area contributed by atoms with Crippen molar-refractivity contribution in [1.82, 2.24) is 5.32 Å². The number of piperidine rings is 1. The standard InChI is InChI=1S/C8H12F3NO2/c1-4-5(7(13)14)2-3-6(12-4)8(9,10)11/h4-6,12H,2-3H2,1H3,(H,13,14)/t4-,5+,6-/m1/s1. The molecule has 1 rings (SSSR count). The van der Waals surface area contributed by atoms with Gasteiger partial charge in [-0.25, -0.2) is 0 Å². The molecule has 0 aliphatic carbocycles. The Morgan fingerprint density at radius 1 is 1.43 bits per heavy atom. The number of aliphatic carboxylic acids is 1. The van der Waals surface area contributed by atoms with E-state index in [0.717, 1.165) is 0 Å². The monoisotopic (exact) mass is 211 g/mol. The van der Waals surface area contributed by atoms with Crippen LogP contribution in [0.15, 0.2) is 0 Å². The molecule has 0 saturated carbocycles. The van der Waals surface area contributed by atoms with Gasteiger partial charge in [-0.2, -0.15) is 13.2 Å². The van der Waals surface area contributed by atoms with Gasteiger partial charge in [0.25, 0.3) is 0 Å². The minimum absolute atomic E-state index is 0.0771. The van der Waals surface area contributed by atoms with Crippen LogP contribution in [0.1, 0.15) is 19.8 Å². The predicted molar refractivity (Wildman–Crippen MR) is 42.8 cm³/mol. The number of rotatable bonds is 1. The highest BCUT2D eigenvalue weighted by atomic mass is 19.4. The third-order valence-corrected chi connectivity index (χ3v) is 2.55. The van der Waals surface area contributed by atoms with Crippen LogP contribution < -0.4 is 5.32 Å². The molecule has 1 aliphatic heterocycles. The van der Waals surface area contributed by atoms with E-state index in [-0.39, 0.29) is 12.8 Å². The summed E-state index contributed by atoms with van der Waals surface area (Å²) in [6, 6.07) is -2.19. The van der Waals surface area contributed by atoms with E-state index in [4.69, 9.17) is 5.11 Å². The fourth-order valence-corrected chi connectivity index (χ4v) is 1.71. The molecular formula is C8H12F3NO2. The summed E-state index contributed by atoms with van der Waals surface area (Å²) >= 11 is 0. The van der Waals surface area contributed by atoms with Crippen LogP contribution >= 0.6 is 0 Å². The molecule has 0 spiro atoms. The van der Waals surface area contributed by atoms with Crippen LogP contribution in [0.25, 0.3) is 0 Å². The first kappa shape index (κ1) is 11.3. The Morgan fingerprint density at radius 3 is 2.36 bits per heavy atom. The second kappa shape index (κ2) is 3.76. The predicted octanol–water partition coefficient (Wildman–Crippen LogP) is 1.39. The summed E-state index contributed by atoms with van der Waals surface area (Å²) in [5, 5.41) is 11.0. The molecule has 3 nitrogen and oxygen atoms in total. The molecule has 1 aliphatic rings. The van der Waals surface area contributed by atoms with Crippen molar-refractivity contribution in [2.75, 3.05) is 0 Å². The summed E-state index contributed by atoms with van der Waals surface area (Å²) < 4.78 is 36.7. The van der Waals surface area contributed by atoms with Crippen LogP contribution in [0.3, 0.4) is 0 Å². The molecule has 0 unspecified atom stereocenters. The second-order valence-electron chi connectivity index (χ2n) is 3.57. The molecule has 1 heterocycles. The van der Waals surface area contributed by atoms with Gasteiger partial charge in [0, 0.05) is 6.04 Å². The smallest absolute Gasteiger partial charge is 0.403 e. The normalized spacial score (nSPS) is 34.1. The molecule has 0 aromatic carbocycles. The van der Waals surface area contributed by atoms with Gasteiger partial charge in [0.1, 0.15) is 6.04 Å². The lowest BCUT2D eigenvalue weighted by Crippen LogP contribution is -2.54. The number of hydrogen-bond donors (Lipinski definition) is 2. The molecule has 82 valence electrons. The molecular weight excluding hydrogens is 199 g/mol. The molecule has 3 atom stereocenters. The largest absolute Gasteiger partial charge is 0.481 e. The van der Waals surface area contributed by atoms with Gasteiger partial charge in [0.15, 0.2) is 0 Å². The SMILES string of the molecule is C[C@H]1N[C@@H](C(F)(F)F)CC[C@@H]1C(=O)O. The van der Waals surface area contributed by atoms with Crippen LogP contribution in [-0.2, 0) is 4.79 Å². The minimum atomic E-state index is -4.28. The Balaban J connectivity index is 2.60. The number of hydrogen-bond acceptors (Lipinski definition) is 2. The van der Waals surface area contributed by atoms with Crippen molar-refractivity contribution < 1.29 is 23.1 Å². The number of nitrogens with one attached hydrogen (secondary N) is 1. The Labute approximate surface area is 79.3 Å². The zero-order chi connectivity index (χ0) is 10.9. The third kappa shape index (κ3) is 2.37. The van der Waals surface area contributed by atoms with Gasteiger partial charge in [-0.3, -0.25) is 4.79 Å². The first-order valence-electron chi connectivity index (χ1n) is 4.38. The highest BCUT2D eigenvalue weighted by Crippen LogP contribution is 2.30. The number of carbonyl (C=O) groups is 1. The second-order valence-corrected chi connectivity index (χ2v) is 3.57.